The Hall–Kier alpha value is -1.56. The van der Waals surface area contributed by atoms with E-state index in [0.717, 1.165) is 0 Å². The molecule has 0 bridgehead atoms. The molecule has 0 aromatic heterocycles. The summed E-state index contributed by atoms with van der Waals surface area (Å²) in [6.07, 6.45) is 14.4. The van der Waals surface area contributed by atoms with E-state index < -0.39 is 0 Å². The van der Waals surface area contributed by atoms with E-state index in [2.05, 4.69) is 55.0 Å². The summed E-state index contributed by atoms with van der Waals surface area (Å²) in [5.41, 5.74) is 6.07. The van der Waals surface area contributed by atoms with Crippen molar-refractivity contribution in [1.29, 1.82) is 0 Å². The molecule has 0 fully saturated rings. The first-order chi connectivity index (χ1) is 11.4. The predicted octanol–water partition coefficient (Wildman–Crippen LogP) is 5.97. The van der Waals surface area contributed by atoms with Gasteiger partial charge in [-0.3, -0.25) is 0 Å². The smallest absolute Gasteiger partial charge is 0.0207 e. The molecule has 2 aromatic rings. The Morgan fingerprint density at radius 3 is 2.43 bits per heavy atom. The van der Waals surface area contributed by atoms with Gasteiger partial charge in [0.2, 0.25) is 0 Å². The SMILES string of the molecule is [C]1c2ccccc2CCCC1C1CCCCCc2ccccc21. The first kappa shape index (κ1) is 15.0. The molecule has 0 amide bonds. The maximum absolute atomic E-state index is 3.92. The van der Waals surface area contributed by atoms with Crippen LogP contribution in [0, 0.1) is 12.3 Å². The number of hydrogen-bond acceptors (Lipinski definition) is 0. The standard InChI is InChI=1S/C23H26/c1-2-10-19-11-6-7-16-22(19)23(15-3-1)21-14-8-13-18-9-4-5-12-20(18)17-21/h4-7,9,11-12,16,21,23H,1-3,8,10,13-15H2. The molecule has 0 spiro atoms. The summed E-state index contributed by atoms with van der Waals surface area (Å²) in [6.45, 7) is 0. The highest BCUT2D eigenvalue weighted by Gasteiger charge is 2.28. The van der Waals surface area contributed by atoms with Gasteiger partial charge in [0.15, 0.2) is 0 Å². The first-order valence-electron chi connectivity index (χ1n) is 9.34. The predicted molar refractivity (Wildman–Crippen MR) is 96.6 cm³/mol. The number of hydrogen-bond donors (Lipinski definition) is 0. The van der Waals surface area contributed by atoms with Crippen molar-refractivity contribution < 1.29 is 0 Å². The van der Waals surface area contributed by atoms with Crippen LogP contribution >= 0.6 is 0 Å². The van der Waals surface area contributed by atoms with Gasteiger partial charge in [-0.05, 0) is 72.6 Å². The highest BCUT2D eigenvalue weighted by atomic mass is 14.3. The molecule has 2 aliphatic rings. The lowest BCUT2D eigenvalue weighted by Gasteiger charge is -2.30. The summed E-state index contributed by atoms with van der Waals surface area (Å²) in [5.74, 6) is 1.25. The fourth-order valence-corrected chi connectivity index (χ4v) is 4.52. The van der Waals surface area contributed by atoms with Gasteiger partial charge in [0.1, 0.15) is 0 Å². The summed E-state index contributed by atoms with van der Waals surface area (Å²) in [4.78, 5) is 0. The normalized spacial score (nSPS) is 24.7. The summed E-state index contributed by atoms with van der Waals surface area (Å²) in [7, 11) is 0. The molecule has 2 aliphatic carbocycles. The Morgan fingerprint density at radius 2 is 1.48 bits per heavy atom. The highest BCUT2D eigenvalue weighted by molar-refractivity contribution is 5.38. The molecule has 0 saturated carbocycles. The molecule has 2 radical (unpaired) electrons. The third kappa shape index (κ3) is 3.22. The molecule has 0 nitrogen and oxygen atoms in total. The van der Waals surface area contributed by atoms with E-state index in [1.807, 2.05) is 0 Å². The summed E-state index contributed by atoms with van der Waals surface area (Å²) in [5, 5.41) is 0. The van der Waals surface area contributed by atoms with Crippen molar-refractivity contribution in [2.75, 3.05) is 0 Å². The topological polar surface area (TPSA) is 0 Å². The van der Waals surface area contributed by atoms with Gasteiger partial charge in [-0.25, -0.2) is 0 Å². The second-order valence-electron chi connectivity index (χ2n) is 7.20. The van der Waals surface area contributed by atoms with Gasteiger partial charge in [0.05, 0.1) is 0 Å². The third-order valence-electron chi connectivity index (χ3n) is 5.72. The second kappa shape index (κ2) is 6.91. The monoisotopic (exact) mass is 302 g/mol. The van der Waals surface area contributed by atoms with E-state index in [4.69, 9.17) is 0 Å². The van der Waals surface area contributed by atoms with Crippen molar-refractivity contribution in [3.05, 3.63) is 77.2 Å². The molecular weight excluding hydrogens is 276 g/mol. The largest absolute Gasteiger partial charge is 0.0620 e. The number of fused-ring (bicyclic) bond motifs is 2. The molecule has 4 rings (SSSR count). The lowest BCUT2D eigenvalue weighted by atomic mass is 9.74. The molecule has 0 N–H and O–H groups in total. The zero-order valence-electron chi connectivity index (χ0n) is 13.9. The molecule has 0 saturated heterocycles. The summed E-state index contributed by atoms with van der Waals surface area (Å²) >= 11 is 0. The average molecular weight is 302 g/mol. The summed E-state index contributed by atoms with van der Waals surface area (Å²) < 4.78 is 0. The van der Waals surface area contributed by atoms with E-state index in [0.29, 0.717) is 11.8 Å². The third-order valence-corrected chi connectivity index (χ3v) is 5.72. The van der Waals surface area contributed by atoms with Gasteiger partial charge in [-0.2, -0.15) is 0 Å². The maximum Gasteiger partial charge on any atom is 0.0207 e. The highest BCUT2D eigenvalue weighted by Crippen LogP contribution is 2.41. The minimum absolute atomic E-state index is 0.581. The van der Waals surface area contributed by atoms with E-state index in [9.17, 15) is 0 Å². The van der Waals surface area contributed by atoms with Gasteiger partial charge < -0.3 is 0 Å². The van der Waals surface area contributed by atoms with E-state index in [1.54, 1.807) is 11.1 Å². The van der Waals surface area contributed by atoms with Gasteiger partial charge >= 0.3 is 0 Å². The molecule has 2 atom stereocenters. The van der Waals surface area contributed by atoms with Crippen LogP contribution in [0.3, 0.4) is 0 Å². The quantitative estimate of drug-likeness (QED) is 0.569. The van der Waals surface area contributed by atoms with E-state index in [1.165, 1.54) is 62.5 Å². The van der Waals surface area contributed by atoms with Gasteiger partial charge in [-0.15, -0.1) is 0 Å². The average Bonchev–Trinajstić information content (AvgIpc) is 2.78. The van der Waals surface area contributed by atoms with Crippen molar-refractivity contribution in [3.8, 4) is 0 Å². The number of benzene rings is 2. The van der Waals surface area contributed by atoms with Crippen molar-refractivity contribution in [3.63, 3.8) is 0 Å². The van der Waals surface area contributed by atoms with Crippen LogP contribution in [-0.4, -0.2) is 0 Å². The summed E-state index contributed by atoms with van der Waals surface area (Å²) in [6, 6.07) is 18.1. The van der Waals surface area contributed by atoms with Crippen LogP contribution < -0.4 is 0 Å². The molecule has 2 aromatic carbocycles. The van der Waals surface area contributed by atoms with Crippen LogP contribution in [0.25, 0.3) is 0 Å². The molecule has 0 heterocycles. The molecule has 0 heteroatoms. The van der Waals surface area contributed by atoms with Crippen LogP contribution in [0.1, 0.15) is 66.7 Å². The molecule has 2 unspecified atom stereocenters. The molecule has 118 valence electrons. The minimum Gasteiger partial charge on any atom is -0.0620 e. The maximum atomic E-state index is 3.92. The number of rotatable bonds is 1. The van der Waals surface area contributed by atoms with E-state index in [-0.39, 0.29) is 0 Å². The van der Waals surface area contributed by atoms with Crippen molar-refractivity contribution in [1.82, 2.24) is 0 Å². The first-order valence-corrected chi connectivity index (χ1v) is 9.34. The number of aryl methyl sites for hydroxylation is 2. The zero-order valence-corrected chi connectivity index (χ0v) is 13.9. The minimum atomic E-state index is 0.581. The molecule has 23 heavy (non-hydrogen) atoms. The van der Waals surface area contributed by atoms with Crippen LogP contribution in [0.2, 0.25) is 0 Å². The van der Waals surface area contributed by atoms with Crippen molar-refractivity contribution in [2.24, 2.45) is 5.92 Å². The van der Waals surface area contributed by atoms with E-state index >= 15 is 0 Å². The van der Waals surface area contributed by atoms with Crippen LogP contribution in [0.4, 0.5) is 0 Å². The Labute approximate surface area is 140 Å². The van der Waals surface area contributed by atoms with Crippen molar-refractivity contribution >= 4 is 0 Å². The Bertz CT molecular complexity index is 655. The lowest BCUT2D eigenvalue weighted by molar-refractivity contribution is 0.400. The van der Waals surface area contributed by atoms with Gasteiger partial charge in [-0.1, -0.05) is 61.4 Å². The van der Waals surface area contributed by atoms with Gasteiger partial charge in [0, 0.05) is 6.42 Å². The van der Waals surface area contributed by atoms with Crippen molar-refractivity contribution in [2.45, 2.75) is 57.3 Å². The van der Waals surface area contributed by atoms with Crippen LogP contribution in [-0.2, 0) is 12.8 Å². The lowest BCUT2D eigenvalue weighted by Crippen LogP contribution is -2.17. The molecular formula is C23H26. The Balaban J connectivity index is 1.67. The Morgan fingerprint density at radius 1 is 0.696 bits per heavy atom. The fraction of sp³-hybridized carbons (Fsp3) is 0.435. The van der Waals surface area contributed by atoms with Gasteiger partial charge in [0.25, 0.3) is 0 Å². The second-order valence-corrected chi connectivity index (χ2v) is 7.20. The van der Waals surface area contributed by atoms with Crippen LogP contribution in [0.15, 0.2) is 48.5 Å². The molecule has 0 aliphatic heterocycles. The van der Waals surface area contributed by atoms with Crippen LogP contribution in [0.5, 0.6) is 0 Å². The zero-order chi connectivity index (χ0) is 15.5. The Kier molecular flexibility index (Phi) is 4.50. The fourth-order valence-electron chi connectivity index (χ4n) is 4.52.